The number of aromatic nitrogens is 2. The summed E-state index contributed by atoms with van der Waals surface area (Å²) in [5.41, 5.74) is 1.47. The van der Waals surface area contributed by atoms with Crippen molar-refractivity contribution in [2.24, 2.45) is 0 Å². The van der Waals surface area contributed by atoms with E-state index in [1.807, 2.05) is 0 Å². The maximum atomic E-state index is 10.5. The lowest BCUT2D eigenvalue weighted by Crippen LogP contribution is -1.99. The van der Waals surface area contributed by atoms with Crippen molar-refractivity contribution < 1.29 is 9.90 Å². The van der Waals surface area contributed by atoms with Gasteiger partial charge in [-0.15, -0.1) is 11.3 Å². The Hall–Kier alpha value is -1.11. The molecule has 0 bridgehead atoms. The number of hydrogen-bond donors (Lipinski definition) is 1. The Morgan fingerprint density at radius 2 is 2.33 bits per heavy atom. The van der Waals surface area contributed by atoms with Crippen molar-refractivity contribution in [3.05, 3.63) is 40.1 Å². The van der Waals surface area contributed by atoms with Gasteiger partial charge in [0.15, 0.2) is 4.34 Å². The fraction of sp³-hybridized carbons (Fsp3) is 0.182. The maximum absolute atomic E-state index is 10.5. The first-order chi connectivity index (χ1) is 8.63. The van der Waals surface area contributed by atoms with Crippen molar-refractivity contribution in [2.45, 2.75) is 16.5 Å². The number of halogens is 1. The van der Waals surface area contributed by atoms with Gasteiger partial charge in [0, 0.05) is 22.4 Å². The second kappa shape index (κ2) is 6.17. The van der Waals surface area contributed by atoms with Crippen molar-refractivity contribution in [1.82, 2.24) is 9.97 Å². The third-order valence-electron chi connectivity index (χ3n) is 1.99. The van der Waals surface area contributed by atoms with E-state index in [2.05, 4.69) is 9.97 Å². The van der Waals surface area contributed by atoms with Crippen LogP contribution in [0.1, 0.15) is 11.4 Å². The maximum Gasteiger partial charge on any atom is 0.309 e. The molecular formula is C11H9ClN2O2S2. The summed E-state index contributed by atoms with van der Waals surface area (Å²) in [6, 6.07) is 3.53. The lowest BCUT2D eigenvalue weighted by atomic mass is 10.3. The molecule has 0 radical (unpaired) electrons. The Morgan fingerprint density at radius 3 is 3.06 bits per heavy atom. The van der Waals surface area contributed by atoms with Crippen LogP contribution in [-0.4, -0.2) is 21.0 Å². The van der Waals surface area contributed by atoms with E-state index < -0.39 is 5.97 Å². The van der Waals surface area contributed by atoms with Crippen molar-refractivity contribution in [3.8, 4) is 0 Å². The summed E-state index contributed by atoms with van der Waals surface area (Å²) in [4.78, 5) is 18.9. The summed E-state index contributed by atoms with van der Waals surface area (Å²) in [5, 5.41) is 11.1. The number of nitrogens with zero attached hydrogens (tertiary/aromatic N) is 2. The molecule has 0 atom stereocenters. The van der Waals surface area contributed by atoms with Crippen molar-refractivity contribution in [3.63, 3.8) is 0 Å². The van der Waals surface area contributed by atoms with Crippen LogP contribution in [0.25, 0.3) is 0 Å². The fourth-order valence-electron chi connectivity index (χ4n) is 1.25. The minimum Gasteiger partial charge on any atom is -0.481 e. The Kier molecular flexibility index (Phi) is 4.57. The van der Waals surface area contributed by atoms with Crippen LogP contribution < -0.4 is 0 Å². The van der Waals surface area contributed by atoms with Crippen LogP contribution in [0.3, 0.4) is 0 Å². The van der Waals surface area contributed by atoms with Crippen LogP contribution in [-0.2, 0) is 17.0 Å². The zero-order valence-electron chi connectivity index (χ0n) is 9.17. The molecule has 0 aliphatic carbocycles. The normalized spacial score (nSPS) is 10.5. The highest BCUT2D eigenvalue weighted by Gasteiger charge is 2.07. The summed E-state index contributed by atoms with van der Waals surface area (Å²) < 4.78 is 0.841. The Morgan fingerprint density at radius 1 is 1.50 bits per heavy atom. The van der Waals surface area contributed by atoms with E-state index in [9.17, 15) is 4.79 Å². The molecule has 94 valence electrons. The molecule has 0 amide bonds. The van der Waals surface area contributed by atoms with Gasteiger partial charge in [-0.25, -0.2) is 4.98 Å². The molecule has 18 heavy (non-hydrogen) atoms. The van der Waals surface area contributed by atoms with Crippen molar-refractivity contribution in [1.29, 1.82) is 0 Å². The third kappa shape index (κ3) is 3.97. The SMILES string of the molecule is O=C(O)Cc1csc(SCc2cc(Cl)ccn2)n1. The predicted octanol–water partition coefficient (Wildman–Crippen LogP) is 3.11. The van der Waals surface area contributed by atoms with E-state index >= 15 is 0 Å². The minimum absolute atomic E-state index is 0.0352. The number of aliphatic carboxylic acids is 1. The number of thioether (sulfide) groups is 1. The first kappa shape index (κ1) is 13.3. The molecule has 0 saturated carbocycles. The Labute approximate surface area is 117 Å². The molecule has 0 fully saturated rings. The summed E-state index contributed by atoms with van der Waals surface area (Å²) in [6.07, 6.45) is 1.63. The van der Waals surface area contributed by atoms with E-state index in [0.717, 1.165) is 10.0 Å². The average molecular weight is 301 g/mol. The highest BCUT2D eigenvalue weighted by molar-refractivity contribution is 8.00. The van der Waals surface area contributed by atoms with E-state index in [1.54, 1.807) is 23.7 Å². The summed E-state index contributed by atoms with van der Waals surface area (Å²) in [7, 11) is 0. The quantitative estimate of drug-likeness (QED) is 0.860. The zero-order valence-corrected chi connectivity index (χ0v) is 11.6. The molecule has 1 N–H and O–H groups in total. The first-order valence-corrected chi connectivity index (χ1v) is 7.27. The lowest BCUT2D eigenvalue weighted by Gasteiger charge is -1.98. The van der Waals surface area contributed by atoms with Gasteiger partial charge in [-0.1, -0.05) is 23.4 Å². The van der Waals surface area contributed by atoms with Crippen LogP contribution >= 0.6 is 34.7 Å². The largest absolute Gasteiger partial charge is 0.481 e. The van der Waals surface area contributed by atoms with E-state index in [0.29, 0.717) is 16.5 Å². The van der Waals surface area contributed by atoms with Gasteiger partial charge in [-0.05, 0) is 12.1 Å². The van der Waals surface area contributed by atoms with Gasteiger partial charge in [-0.3, -0.25) is 9.78 Å². The molecule has 2 aromatic rings. The molecule has 2 rings (SSSR count). The number of rotatable bonds is 5. The number of pyridine rings is 1. The Balaban J connectivity index is 1.94. The summed E-state index contributed by atoms with van der Waals surface area (Å²) in [5.74, 6) is -0.200. The number of carboxylic acid groups (broad SMARTS) is 1. The fourth-order valence-corrected chi connectivity index (χ4v) is 3.18. The van der Waals surface area contributed by atoms with Crippen molar-refractivity contribution >= 4 is 40.7 Å². The lowest BCUT2D eigenvalue weighted by molar-refractivity contribution is -0.136. The molecule has 0 aliphatic rings. The van der Waals surface area contributed by atoms with E-state index in [-0.39, 0.29) is 6.42 Å². The average Bonchev–Trinajstić information content (AvgIpc) is 2.73. The molecular weight excluding hydrogens is 292 g/mol. The molecule has 0 saturated heterocycles. The number of carboxylic acids is 1. The number of hydrogen-bond acceptors (Lipinski definition) is 5. The molecule has 0 aliphatic heterocycles. The van der Waals surface area contributed by atoms with Crippen LogP contribution in [0.5, 0.6) is 0 Å². The highest BCUT2D eigenvalue weighted by Crippen LogP contribution is 2.26. The van der Waals surface area contributed by atoms with Crippen molar-refractivity contribution in [2.75, 3.05) is 0 Å². The van der Waals surface area contributed by atoms with Gasteiger partial charge in [-0.2, -0.15) is 0 Å². The van der Waals surface area contributed by atoms with Gasteiger partial charge in [0.05, 0.1) is 17.8 Å². The molecule has 4 nitrogen and oxygen atoms in total. The van der Waals surface area contributed by atoms with Gasteiger partial charge in [0.2, 0.25) is 0 Å². The molecule has 0 unspecified atom stereocenters. The number of thiazole rings is 1. The molecule has 7 heteroatoms. The van der Waals surface area contributed by atoms with Gasteiger partial charge in [0.1, 0.15) is 0 Å². The zero-order chi connectivity index (χ0) is 13.0. The van der Waals surface area contributed by atoms with Gasteiger partial charge < -0.3 is 5.11 Å². The van der Waals surface area contributed by atoms with E-state index in [1.165, 1.54) is 23.1 Å². The van der Waals surface area contributed by atoms with Crippen LogP contribution in [0.2, 0.25) is 5.02 Å². The minimum atomic E-state index is -0.867. The summed E-state index contributed by atoms with van der Waals surface area (Å²) in [6.45, 7) is 0. The smallest absolute Gasteiger partial charge is 0.309 e. The summed E-state index contributed by atoms with van der Waals surface area (Å²) >= 11 is 8.83. The van der Waals surface area contributed by atoms with Gasteiger partial charge >= 0.3 is 5.97 Å². The Bertz CT molecular complexity index is 559. The van der Waals surface area contributed by atoms with Crippen LogP contribution in [0.4, 0.5) is 0 Å². The number of carbonyl (C=O) groups is 1. The molecule has 2 aromatic heterocycles. The topological polar surface area (TPSA) is 63.1 Å². The standard InChI is InChI=1S/C11H9ClN2O2S2/c12-7-1-2-13-8(3-7)5-17-11-14-9(6-18-11)4-10(15)16/h1-3,6H,4-5H2,(H,15,16). The second-order valence-corrected chi connectivity index (χ2v) is 5.95. The van der Waals surface area contributed by atoms with E-state index in [4.69, 9.17) is 16.7 Å². The van der Waals surface area contributed by atoms with Gasteiger partial charge in [0.25, 0.3) is 0 Å². The second-order valence-electron chi connectivity index (χ2n) is 3.43. The monoisotopic (exact) mass is 300 g/mol. The molecule has 0 aromatic carbocycles. The predicted molar refractivity (Wildman–Crippen MR) is 72.3 cm³/mol. The third-order valence-corrected chi connectivity index (χ3v) is 4.32. The highest BCUT2D eigenvalue weighted by atomic mass is 35.5. The van der Waals surface area contributed by atoms with Crippen LogP contribution in [0.15, 0.2) is 28.0 Å². The van der Waals surface area contributed by atoms with Crippen LogP contribution in [0, 0.1) is 0 Å². The first-order valence-electron chi connectivity index (χ1n) is 5.03. The molecule has 0 spiro atoms. The molecule has 2 heterocycles.